The molecular weight excluding hydrogens is 398 g/mol. The number of furan rings is 1. The Balaban J connectivity index is 1.79. The molecule has 2 aromatic carbocycles. The molecule has 31 heavy (non-hydrogen) atoms. The van der Waals surface area contributed by atoms with Crippen LogP contribution in [0.3, 0.4) is 0 Å². The zero-order chi connectivity index (χ0) is 22.6. The maximum Gasteiger partial charge on any atom is 0.291 e. The van der Waals surface area contributed by atoms with Crippen LogP contribution in [0.5, 0.6) is 28.9 Å². The van der Waals surface area contributed by atoms with Crippen molar-refractivity contribution in [2.75, 3.05) is 26.6 Å². The van der Waals surface area contributed by atoms with Gasteiger partial charge < -0.3 is 28.7 Å². The predicted molar refractivity (Wildman–Crippen MR) is 118 cm³/mol. The van der Waals surface area contributed by atoms with E-state index >= 15 is 0 Å². The summed E-state index contributed by atoms with van der Waals surface area (Å²) in [5.41, 5.74) is 1.49. The smallest absolute Gasteiger partial charge is 0.291 e. The predicted octanol–water partition coefficient (Wildman–Crippen LogP) is 5.65. The van der Waals surface area contributed by atoms with E-state index in [4.69, 9.17) is 23.4 Å². The topological polar surface area (TPSA) is 79.2 Å². The van der Waals surface area contributed by atoms with Crippen LogP contribution in [0.2, 0.25) is 0 Å². The summed E-state index contributed by atoms with van der Waals surface area (Å²) < 4.78 is 27.3. The second-order valence-electron chi connectivity index (χ2n) is 7.86. The number of nitrogens with one attached hydrogen (secondary N) is 1. The van der Waals surface area contributed by atoms with E-state index in [0.717, 1.165) is 5.56 Å². The van der Waals surface area contributed by atoms with Gasteiger partial charge in [-0.1, -0.05) is 32.9 Å². The highest BCUT2D eigenvalue weighted by Gasteiger charge is 2.20. The van der Waals surface area contributed by atoms with E-state index in [1.165, 1.54) is 21.3 Å². The summed E-state index contributed by atoms with van der Waals surface area (Å²) in [6.45, 7) is 6.38. The molecule has 164 valence electrons. The summed E-state index contributed by atoms with van der Waals surface area (Å²) in [5, 5.41) is 2.76. The van der Waals surface area contributed by atoms with Crippen LogP contribution >= 0.6 is 0 Å². The van der Waals surface area contributed by atoms with E-state index in [0.29, 0.717) is 28.7 Å². The molecule has 1 heterocycles. The van der Waals surface area contributed by atoms with Gasteiger partial charge in [0.15, 0.2) is 5.76 Å². The highest BCUT2D eigenvalue weighted by molar-refractivity contribution is 6.04. The van der Waals surface area contributed by atoms with Crippen molar-refractivity contribution in [3.05, 3.63) is 59.9 Å². The third-order valence-corrected chi connectivity index (χ3v) is 4.68. The van der Waals surface area contributed by atoms with Crippen LogP contribution < -0.4 is 24.3 Å². The van der Waals surface area contributed by atoms with E-state index in [1.807, 2.05) is 24.3 Å². The molecule has 0 aliphatic rings. The third-order valence-electron chi connectivity index (χ3n) is 4.68. The number of carbonyl (C=O) groups excluding carboxylic acids is 1. The van der Waals surface area contributed by atoms with Crippen molar-refractivity contribution in [3.8, 4) is 28.9 Å². The van der Waals surface area contributed by atoms with E-state index in [2.05, 4.69) is 26.1 Å². The summed E-state index contributed by atoms with van der Waals surface area (Å²) in [4.78, 5) is 12.8. The second-order valence-corrected chi connectivity index (χ2v) is 7.86. The quantitative estimate of drug-likeness (QED) is 0.527. The van der Waals surface area contributed by atoms with Crippen LogP contribution in [-0.2, 0) is 5.41 Å². The number of ether oxygens (including phenoxy) is 4. The van der Waals surface area contributed by atoms with Crippen LogP contribution in [0.4, 0.5) is 5.69 Å². The van der Waals surface area contributed by atoms with Gasteiger partial charge in [-0.25, -0.2) is 0 Å². The van der Waals surface area contributed by atoms with Crippen molar-refractivity contribution in [1.29, 1.82) is 0 Å². The fourth-order valence-electron chi connectivity index (χ4n) is 2.94. The molecule has 1 aromatic heterocycles. The van der Waals surface area contributed by atoms with Gasteiger partial charge in [0.1, 0.15) is 28.7 Å². The number of carbonyl (C=O) groups is 1. The molecule has 0 bridgehead atoms. The molecule has 0 atom stereocenters. The van der Waals surface area contributed by atoms with Crippen molar-refractivity contribution in [1.82, 2.24) is 0 Å². The monoisotopic (exact) mass is 425 g/mol. The SMILES string of the molecule is COc1cc(OC)c(NC(=O)c2ccc(Oc3cccc(C(C)(C)C)c3)o2)c(OC)c1. The Bertz CT molecular complexity index is 1040. The molecule has 0 aliphatic carbocycles. The van der Waals surface area contributed by atoms with Crippen molar-refractivity contribution < 1.29 is 28.2 Å². The van der Waals surface area contributed by atoms with Crippen LogP contribution in [0.15, 0.2) is 52.9 Å². The molecule has 3 rings (SSSR count). The van der Waals surface area contributed by atoms with Gasteiger partial charge in [0.2, 0.25) is 0 Å². The standard InChI is InChI=1S/C24H27NO6/c1-24(2,3)15-8-7-9-16(12-15)30-21-11-10-18(31-21)23(26)25-22-19(28-5)13-17(27-4)14-20(22)29-6/h7-14H,1-6H3,(H,25,26). The Kier molecular flexibility index (Phi) is 6.44. The molecule has 0 saturated heterocycles. The number of anilines is 1. The second kappa shape index (κ2) is 9.04. The average Bonchev–Trinajstić information content (AvgIpc) is 3.21. The van der Waals surface area contributed by atoms with Crippen LogP contribution in [0, 0.1) is 0 Å². The lowest BCUT2D eigenvalue weighted by atomic mass is 9.87. The van der Waals surface area contributed by atoms with Gasteiger partial charge in [0.25, 0.3) is 11.9 Å². The molecule has 0 aliphatic heterocycles. The molecule has 0 unspecified atom stereocenters. The number of amides is 1. The lowest BCUT2D eigenvalue weighted by Gasteiger charge is -2.19. The van der Waals surface area contributed by atoms with E-state index in [9.17, 15) is 4.79 Å². The summed E-state index contributed by atoms with van der Waals surface area (Å²) in [6.07, 6.45) is 0. The van der Waals surface area contributed by atoms with Crippen molar-refractivity contribution in [3.63, 3.8) is 0 Å². The van der Waals surface area contributed by atoms with Gasteiger partial charge in [-0.15, -0.1) is 0 Å². The number of rotatable bonds is 7. The summed E-state index contributed by atoms with van der Waals surface area (Å²) in [6, 6.07) is 14.2. The van der Waals surface area contributed by atoms with Gasteiger partial charge in [0.05, 0.1) is 21.3 Å². The minimum atomic E-state index is -0.472. The van der Waals surface area contributed by atoms with E-state index in [-0.39, 0.29) is 17.1 Å². The van der Waals surface area contributed by atoms with E-state index < -0.39 is 5.91 Å². The first-order chi connectivity index (χ1) is 14.7. The summed E-state index contributed by atoms with van der Waals surface area (Å²) >= 11 is 0. The first-order valence-electron chi connectivity index (χ1n) is 9.74. The van der Waals surface area contributed by atoms with Gasteiger partial charge in [-0.2, -0.15) is 0 Å². The zero-order valence-corrected chi connectivity index (χ0v) is 18.6. The Morgan fingerprint density at radius 3 is 2.13 bits per heavy atom. The number of benzene rings is 2. The van der Waals surface area contributed by atoms with Crippen LogP contribution in [-0.4, -0.2) is 27.2 Å². The minimum absolute atomic E-state index is 0.00986. The molecular formula is C24H27NO6. The first kappa shape index (κ1) is 22.1. The summed E-state index contributed by atoms with van der Waals surface area (Å²) in [7, 11) is 4.52. The highest BCUT2D eigenvalue weighted by Crippen LogP contribution is 2.39. The Morgan fingerprint density at radius 1 is 0.871 bits per heavy atom. The van der Waals surface area contributed by atoms with Gasteiger partial charge >= 0.3 is 0 Å². The largest absolute Gasteiger partial charge is 0.496 e. The molecule has 0 fully saturated rings. The average molecular weight is 425 g/mol. The van der Waals surface area contributed by atoms with Crippen molar-refractivity contribution in [2.24, 2.45) is 0 Å². The molecule has 3 aromatic rings. The maximum atomic E-state index is 12.8. The Labute approximate surface area is 181 Å². The fraction of sp³-hybridized carbons (Fsp3) is 0.292. The number of hydrogen-bond acceptors (Lipinski definition) is 6. The lowest BCUT2D eigenvalue weighted by molar-refractivity contribution is 0.0991. The number of methoxy groups -OCH3 is 3. The maximum absolute atomic E-state index is 12.8. The van der Waals surface area contributed by atoms with Crippen molar-refractivity contribution >= 4 is 11.6 Å². The van der Waals surface area contributed by atoms with Gasteiger partial charge in [-0.3, -0.25) is 4.79 Å². The molecule has 7 heteroatoms. The van der Waals surface area contributed by atoms with E-state index in [1.54, 1.807) is 24.3 Å². The van der Waals surface area contributed by atoms with Crippen molar-refractivity contribution in [2.45, 2.75) is 26.2 Å². The molecule has 7 nitrogen and oxygen atoms in total. The first-order valence-corrected chi connectivity index (χ1v) is 9.74. The Morgan fingerprint density at radius 2 is 1.55 bits per heavy atom. The molecule has 0 spiro atoms. The molecule has 1 amide bonds. The van der Waals surface area contributed by atoms with Crippen LogP contribution in [0.25, 0.3) is 0 Å². The summed E-state index contributed by atoms with van der Waals surface area (Å²) in [5.74, 6) is 1.79. The molecule has 0 saturated carbocycles. The third kappa shape index (κ3) is 5.12. The fourth-order valence-corrected chi connectivity index (χ4v) is 2.94. The number of hydrogen-bond donors (Lipinski definition) is 1. The van der Waals surface area contributed by atoms with Gasteiger partial charge in [-0.05, 0) is 29.2 Å². The Hall–Kier alpha value is -3.61. The highest BCUT2D eigenvalue weighted by atomic mass is 16.6. The lowest BCUT2D eigenvalue weighted by Crippen LogP contribution is -2.13. The molecule has 1 N–H and O–H groups in total. The minimum Gasteiger partial charge on any atom is -0.496 e. The van der Waals surface area contributed by atoms with Crippen LogP contribution in [0.1, 0.15) is 36.9 Å². The zero-order valence-electron chi connectivity index (χ0n) is 18.6. The normalized spacial score (nSPS) is 11.0. The molecule has 0 radical (unpaired) electrons. The van der Waals surface area contributed by atoms with Gasteiger partial charge in [0, 0.05) is 18.2 Å².